The van der Waals surface area contributed by atoms with Gasteiger partial charge >= 0.3 is 5.97 Å². The second-order valence-corrected chi connectivity index (χ2v) is 16.7. The van der Waals surface area contributed by atoms with Gasteiger partial charge in [-0.2, -0.15) is 0 Å². The standard InChI is InChI=1S/C38H51ClO3/c1-23(2)27-15-18-38(33(41)42-8)20-19-36(6)28(31(27)38)13-14-30-35(5)22-25(21-24-9-11-26(39)12-10-24)32(40)34(3,4)29(35)16-17-37(30,36)7/h9-12,21,27-31H,1,13-20,22H2,2-8H3/b25-21-/t27?,28-,29?,30-,31?,35+,36-,37-,38+/m1/s1. The normalized spacial score (nSPS) is 44.9. The molecule has 1 aromatic carbocycles. The summed E-state index contributed by atoms with van der Waals surface area (Å²) >= 11 is 6.18. The summed E-state index contributed by atoms with van der Waals surface area (Å²) in [5.74, 6) is 2.42. The average molecular weight is 591 g/mol. The van der Waals surface area contributed by atoms with E-state index in [2.05, 4.69) is 54.2 Å². The van der Waals surface area contributed by atoms with Crippen molar-refractivity contribution in [2.24, 2.45) is 56.7 Å². The Kier molecular flexibility index (Phi) is 7.05. The molecule has 4 heteroatoms. The molecule has 0 spiro atoms. The highest BCUT2D eigenvalue weighted by atomic mass is 35.5. The molecule has 9 atom stereocenters. The number of halogens is 1. The van der Waals surface area contributed by atoms with E-state index in [0.29, 0.717) is 40.4 Å². The highest BCUT2D eigenvalue weighted by Gasteiger charge is 2.72. The Morgan fingerprint density at radius 2 is 1.62 bits per heavy atom. The smallest absolute Gasteiger partial charge is 0.312 e. The number of rotatable bonds is 3. The molecule has 0 N–H and O–H groups in total. The van der Waals surface area contributed by atoms with Crippen LogP contribution in [0.2, 0.25) is 5.02 Å². The molecule has 5 aliphatic rings. The van der Waals surface area contributed by atoms with Crippen LogP contribution in [0.25, 0.3) is 6.08 Å². The lowest BCUT2D eigenvalue weighted by atomic mass is 9.32. The molecular weight excluding hydrogens is 540 g/mol. The monoisotopic (exact) mass is 590 g/mol. The van der Waals surface area contributed by atoms with Gasteiger partial charge in [-0.05, 0) is 140 Å². The molecule has 3 nitrogen and oxygen atoms in total. The summed E-state index contributed by atoms with van der Waals surface area (Å²) < 4.78 is 5.54. The fourth-order valence-corrected chi connectivity index (χ4v) is 12.6. The minimum atomic E-state index is -0.395. The second-order valence-electron chi connectivity index (χ2n) is 16.3. The number of fused-ring (bicyclic) bond motifs is 7. The summed E-state index contributed by atoms with van der Waals surface area (Å²) in [6.45, 7) is 18.8. The van der Waals surface area contributed by atoms with E-state index in [1.165, 1.54) is 12.0 Å². The van der Waals surface area contributed by atoms with E-state index < -0.39 is 5.41 Å². The van der Waals surface area contributed by atoms with Gasteiger partial charge in [-0.25, -0.2) is 0 Å². The number of methoxy groups -OCH3 is 1. The maximum Gasteiger partial charge on any atom is 0.312 e. The van der Waals surface area contributed by atoms with E-state index in [1.54, 1.807) is 7.11 Å². The Bertz CT molecular complexity index is 1340. The van der Waals surface area contributed by atoms with Crippen molar-refractivity contribution in [3.63, 3.8) is 0 Å². The molecule has 0 radical (unpaired) electrons. The summed E-state index contributed by atoms with van der Waals surface area (Å²) in [6.07, 6.45) is 11.5. The molecule has 3 unspecified atom stereocenters. The van der Waals surface area contributed by atoms with Gasteiger partial charge in [0.05, 0.1) is 12.5 Å². The summed E-state index contributed by atoms with van der Waals surface area (Å²) in [6, 6.07) is 7.87. The number of ether oxygens (including phenoxy) is 1. The Morgan fingerprint density at radius 1 is 0.929 bits per heavy atom. The van der Waals surface area contributed by atoms with Crippen molar-refractivity contribution in [1.82, 2.24) is 0 Å². The second kappa shape index (κ2) is 9.82. The molecule has 0 saturated heterocycles. The molecule has 0 aliphatic heterocycles. The van der Waals surface area contributed by atoms with Crippen molar-refractivity contribution in [2.75, 3.05) is 7.11 Å². The number of Topliss-reactive ketones (excluding diaryl/α,β-unsaturated/α-hetero) is 1. The lowest BCUT2D eigenvalue weighted by Crippen LogP contribution is -2.67. The van der Waals surface area contributed by atoms with Crippen molar-refractivity contribution >= 4 is 29.4 Å². The Balaban J connectivity index is 1.41. The van der Waals surface area contributed by atoms with Crippen molar-refractivity contribution in [3.8, 4) is 0 Å². The third-order valence-corrected chi connectivity index (χ3v) is 14.7. The van der Waals surface area contributed by atoms with E-state index in [0.717, 1.165) is 62.5 Å². The molecule has 0 amide bonds. The van der Waals surface area contributed by atoms with Crippen LogP contribution in [-0.2, 0) is 14.3 Å². The largest absolute Gasteiger partial charge is 0.469 e. The maximum atomic E-state index is 14.1. The van der Waals surface area contributed by atoms with Gasteiger partial charge in [-0.1, -0.05) is 70.5 Å². The molecule has 6 rings (SSSR count). The number of hydrogen-bond donors (Lipinski definition) is 0. The Hall–Kier alpha value is -1.87. The molecule has 0 bridgehead atoms. The van der Waals surface area contributed by atoms with E-state index in [1.807, 2.05) is 24.3 Å². The van der Waals surface area contributed by atoms with Gasteiger partial charge in [0.25, 0.3) is 0 Å². The fraction of sp³-hybridized carbons (Fsp3) is 0.684. The predicted molar refractivity (Wildman–Crippen MR) is 171 cm³/mol. The van der Waals surface area contributed by atoms with Crippen LogP contribution < -0.4 is 0 Å². The fourth-order valence-electron chi connectivity index (χ4n) is 12.4. The number of allylic oxidation sites excluding steroid dienone is 2. The average Bonchev–Trinajstić information content (AvgIpc) is 3.34. The van der Waals surface area contributed by atoms with Crippen molar-refractivity contribution in [1.29, 1.82) is 0 Å². The first-order valence-corrected chi connectivity index (χ1v) is 16.8. The minimum Gasteiger partial charge on any atom is -0.469 e. The number of benzene rings is 1. The Morgan fingerprint density at radius 3 is 2.26 bits per heavy atom. The SMILES string of the molecule is C=C(C)C1CC[C@]2(C(=O)OC)CC[C@]3(C)[C@H](CC[C@@H]4[C@@]5(C)C/C(=C/c6ccc(Cl)cc6)C(=O)C(C)(C)C5CC[C@]43C)C12. The van der Waals surface area contributed by atoms with Crippen molar-refractivity contribution in [2.45, 2.75) is 99.3 Å². The first-order valence-electron chi connectivity index (χ1n) is 16.4. The highest BCUT2D eigenvalue weighted by Crippen LogP contribution is 2.77. The molecule has 5 fully saturated rings. The number of ketones is 1. The van der Waals surface area contributed by atoms with Gasteiger partial charge in [-0.15, -0.1) is 0 Å². The highest BCUT2D eigenvalue weighted by molar-refractivity contribution is 6.30. The number of hydrogen-bond acceptors (Lipinski definition) is 3. The molecule has 5 aliphatic carbocycles. The molecule has 5 saturated carbocycles. The number of carbonyl (C=O) groups excluding carboxylic acids is 2. The summed E-state index contributed by atoms with van der Waals surface area (Å²) in [7, 11) is 1.58. The topological polar surface area (TPSA) is 43.4 Å². The van der Waals surface area contributed by atoms with E-state index in [4.69, 9.17) is 16.3 Å². The number of esters is 1. The van der Waals surface area contributed by atoms with Crippen LogP contribution in [-0.4, -0.2) is 18.9 Å². The molecule has 0 heterocycles. The zero-order chi connectivity index (χ0) is 30.5. The zero-order valence-electron chi connectivity index (χ0n) is 26.9. The molecule has 228 valence electrons. The van der Waals surface area contributed by atoms with Crippen molar-refractivity contribution in [3.05, 3.63) is 52.6 Å². The first-order chi connectivity index (χ1) is 19.7. The van der Waals surface area contributed by atoms with E-state index in [-0.39, 0.29) is 27.6 Å². The molecule has 0 aromatic heterocycles. The zero-order valence-corrected chi connectivity index (χ0v) is 27.7. The van der Waals surface area contributed by atoms with Gasteiger partial charge in [0.1, 0.15) is 0 Å². The molecule has 1 aromatic rings. The van der Waals surface area contributed by atoms with Gasteiger partial charge in [-0.3, -0.25) is 9.59 Å². The lowest BCUT2D eigenvalue weighted by molar-refractivity contribution is -0.232. The summed E-state index contributed by atoms with van der Waals surface area (Å²) in [5, 5.41) is 0.715. The van der Waals surface area contributed by atoms with E-state index >= 15 is 0 Å². The Labute approximate surface area is 258 Å². The van der Waals surface area contributed by atoms with Gasteiger partial charge in [0, 0.05) is 10.4 Å². The van der Waals surface area contributed by atoms with Crippen LogP contribution in [0.15, 0.2) is 42.0 Å². The third kappa shape index (κ3) is 3.90. The van der Waals surface area contributed by atoms with Gasteiger partial charge < -0.3 is 4.74 Å². The molecular formula is C38H51ClO3. The number of carbonyl (C=O) groups is 2. The van der Waals surface area contributed by atoms with Gasteiger partial charge in [0.15, 0.2) is 5.78 Å². The first kappa shape index (κ1) is 30.2. The van der Waals surface area contributed by atoms with Crippen LogP contribution in [0.4, 0.5) is 0 Å². The third-order valence-electron chi connectivity index (χ3n) is 14.5. The van der Waals surface area contributed by atoms with Crippen LogP contribution in [0.5, 0.6) is 0 Å². The molecule has 42 heavy (non-hydrogen) atoms. The van der Waals surface area contributed by atoms with Crippen molar-refractivity contribution < 1.29 is 14.3 Å². The quantitative estimate of drug-likeness (QED) is 0.200. The maximum absolute atomic E-state index is 14.1. The van der Waals surface area contributed by atoms with Crippen LogP contribution in [0.1, 0.15) is 105 Å². The van der Waals surface area contributed by atoms with Crippen LogP contribution >= 0.6 is 11.6 Å². The van der Waals surface area contributed by atoms with E-state index in [9.17, 15) is 9.59 Å². The minimum absolute atomic E-state index is 0.0192. The summed E-state index contributed by atoms with van der Waals surface area (Å²) in [4.78, 5) is 27.6. The predicted octanol–water partition coefficient (Wildman–Crippen LogP) is 9.73. The lowest BCUT2D eigenvalue weighted by Gasteiger charge is -2.72. The van der Waals surface area contributed by atoms with Crippen LogP contribution in [0.3, 0.4) is 0 Å². The van der Waals surface area contributed by atoms with Gasteiger partial charge in [0.2, 0.25) is 0 Å². The summed E-state index contributed by atoms with van der Waals surface area (Å²) in [5.41, 5.74) is 2.83. The van der Waals surface area contributed by atoms with Crippen LogP contribution in [0, 0.1) is 56.7 Å².